The maximum atomic E-state index is 14.4. The first-order valence-corrected chi connectivity index (χ1v) is 15.3. The van der Waals surface area contributed by atoms with Crippen molar-refractivity contribution in [3.63, 3.8) is 0 Å². The van der Waals surface area contributed by atoms with Gasteiger partial charge in [0.15, 0.2) is 11.6 Å². The molecule has 0 spiro atoms. The maximum Gasteiger partial charge on any atom is 0.252 e. The number of carbonyl (C=O) groups excluding carboxylic acids is 1. The number of aliphatic imine (C=N–C) groups is 1. The number of methoxy groups -OCH3 is 1. The molecule has 1 aliphatic rings. The number of hydrogen-bond acceptors (Lipinski definition) is 6. The zero-order valence-electron chi connectivity index (χ0n) is 24.5. The van der Waals surface area contributed by atoms with Crippen LogP contribution in [-0.2, 0) is 16.1 Å². The second-order valence-corrected chi connectivity index (χ2v) is 11.2. The number of halogens is 1. The molecule has 226 valence electrons. The van der Waals surface area contributed by atoms with Gasteiger partial charge < -0.3 is 24.6 Å². The molecule has 5 rings (SSSR count). The van der Waals surface area contributed by atoms with Crippen LogP contribution in [0.3, 0.4) is 0 Å². The van der Waals surface area contributed by atoms with Crippen LogP contribution in [0.25, 0.3) is 6.08 Å². The number of carbonyl (C=O) groups is 1. The standard InChI is InChI=1S/C36H35BrN2O5/c1-42-29-18-14-27(15-19-29)25-38-35(41)36(22-7-11-26-9-3-2-4-10-26)33(31-12-5-6-13-32(31)37)44-34(39-36)28-16-20-30(21-17-28)43-24-8-23-40/h2-7,9-21,33,40H,8,22-25H2,1H3,(H,38,41)/b11-7+/t33-,36-/m1/s1. The first kappa shape index (κ1) is 31.0. The molecule has 0 saturated carbocycles. The highest BCUT2D eigenvalue weighted by molar-refractivity contribution is 9.10. The van der Waals surface area contributed by atoms with E-state index in [1.165, 1.54) is 0 Å². The Labute approximate surface area is 266 Å². The first-order valence-electron chi connectivity index (χ1n) is 14.5. The van der Waals surface area contributed by atoms with Crippen molar-refractivity contribution in [3.8, 4) is 11.5 Å². The summed E-state index contributed by atoms with van der Waals surface area (Å²) in [6.07, 6.45) is 4.14. The van der Waals surface area contributed by atoms with E-state index in [1.54, 1.807) is 7.11 Å². The Morgan fingerprint density at radius 1 is 0.977 bits per heavy atom. The lowest BCUT2D eigenvalue weighted by Crippen LogP contribution is -2.47. The van der Waals surface area contributed by atoms with Crippen LogP contribution in [0.15, 0.2) is 119 Å². The smallest absolute Gasteiger partial charge is 0.252 e. The number of ether oxygens (including phenoxy) is 3. The molecule has 1 aliphatic heterocycles. The average molecular weight is 656 g/mol. The highest BCUT2D eigenvalue weighted by Gasteiger charge is 2.53. The largest absolute Gasteiger partial charge is 0.497 e. The molecule has 2 N–H and O–H groups in total. The van der Waals surface area contributed by atoms with Crippen LogP contribution in [0.4, 0.5) is 0 Å². The van der Waals surface area contributed by atoms with Gasteiger partial charge in [-0.2, -0.15) is 0 Å². The van der Waals surface area contributed by atoms with E-state index in [0.717, 1.165) is 32.5 Å². The van der Waals surface area contributed by atoms with Gasteiger partial charge in [-0.3, -0.25) is 4.79 Å². The van der Waals surface area contributed by atoms with Gasteiger partial charge in [0, 0.05) is 41.6 Å². The SMILES string of the molecule is COc1ccc(CNC(=O)[C@]2(C/C=C/c3ccccc3)N=C(c3ccc(OCCCO)cc3)O[C@@H]2c2ccccc2Br)cc1. The van der Waals surface area contributed by atoms with E-state index < -0.39 is 11.6 Å². The summed E-state index contributed by atoms with van der Waals surface area (Å²) >= 11 is 3.69. The molecule has 4 aromatic carbocycles. The molecule has 4 aromatic rings. The Bertz CT molecular complexity index is 1590. The van der Waals surface area contributed by atoms with Crippen molar-refractivity contribution in [1.82, 2.24) is 5.32 Å². The van der Waals surface area contributed by atoms with Crippen molar-refractivity contribution in [1.29, 1.82) is 0 Å². The van der Waals surface area contributed by atoms with Crippen molar-refractivity contribution in [2.45, 2.75) is 31.0 Å². The summed E-state index contributed by atoms with van der Waals surface area (Å²) in [7, 11) is 1.62. The second-order valence-electron chi connectivity index (χ2n) is 10.4. The fraction of sp³-hybridized carbons (Fsp3) is 0.222. The van der Waals surface area contributed by atoms with Gasteiger partial charge in [-0.25, -0.2) is 4.99 Å². The van der Waals surface area contributed by atoms with Gasteiger partial charge in [0.1, 0.15) is 11.5 Å². The van der Waals surface area contributed by atoms with Crippen molar-refractivity contribution in [3.05, 3.63) is 136 Å². The van der Waals surface area contributed by atoms with Crippen LogP contribution < -0.4 is 14.8 Å². The molecule has 0 aliphatic carbocycles. The number of hydrogen-bond donors (Lipinski definition) is 2. The van der Waals surface area contributed by atoms with Crippen LogP contribution in [0.2, 0.25) is 0 Å². The predicted octanol–water partition coefficient (Wildman–Crippen LogP) is 6.90. The Morgan fingerprint density at radius 3 is 2.39 bits per heavy atom. The maximum absolute atomic E-state index is 14.4. The summed E-state index contributed by atoms with van der Waals surface area (Å²) in [5, 5.41) is 12.2. The number of aliphatic hydroxyl groups is 1. The molecule has 1 heterocycles. The minimum absolute atomic E-state index is 0.0699. The van der Waals surface area contributed by atoms with E-state index in [9.17, 15) is 4.79 Å². The number of rotatable bonds is 13. The van der Waals surface area contributed by atoms with Crippen LogP contribution in [0.1, 0.15) is 41.2 Å². The van der Waals surface area contributed by atoms with Gasteiger partial charge in [-0.05, 0) is 53.6 Å². The number of benzene rings is 4. The van der Waals surface area contributed by atoms with Crippen LogP contribution in [0.5, 0.6) is 11.5 Å². The molecule has 0 aromatic heterocycles. The number of amides is 1. The van der Waals surface area contributed by atoms with Gasteiger partial charge >= 0.3 is 0 Å². The average Bonchev–Trinajstić information content (AvgIpc) is 3.45. The minimum Gasteiger partial charge on any atom is -0.497 e. The predicted molar refractivity (Wildman–Crippen MR) is 176 cm³/mol. The number of nitrogens with one attached hydrogen (secondary N) is 1. The summed E-state index contributed by atoms with van der Waals surface area (Å²) in [4.78, 5) is 19.4. The van der Waals surface area contributed by atoms with E-state index >= 15 is 0 Å². The van der Waals surface area contributed by atoms with Crippen LogP contribution in [0, 0.1) is 0 Å². The summed E-state index contributed by atoms with van der Waals surface area (Å²) in [5.41, 5.74) is 2.22. The molecular formula is C36H35BrN2O5. The Kier molecular flexibility index (Phi) is 10.5. The lowest BCUT2D eigenvalue weighted by atomic mass is 9.84. The molecular weight excluding hydrogens is 620 g/mol. The monoisotopic (exact) mass is 654 g/mol. The molecule has 0 fully saturated rings. The molecule has 2 atom stereocenters. The topological polar surface area (TPSA) is 89.4 Å². The molecule has 1 amide bonds. The lowest BCUT2D eigenvalue weighted by molar-refractivity contribution is -0.129. The number of nitrogens with zero attached hydrogens (tertiary/aromatic N) is 1. The van der Waals surface area contributed by atoms with Gasteiger partial charge in [-0.15, -0.1) is 0 Å². The fourth-order valence-corrected chi connectivity index (χ4v) is 5.49. The molecule has 0 radical (unpaired) electrons. The zero-order chi connectivity index (χ0) is 30.8. The zero-order valence-corrected chi connectivity index (χ0v) is 26.1. The quantitative estimate of drug-likeness (QED) is 0.153. The van der Waals surface area contributed by atoms with E-state index in [2.05, 4.69) is 21.2 Å². The second kappa shape index (κ2) is 14.9. The van der Waals surface area contributed by atoms with Crippen LogP contribution >= 0.6 is 15.9 Å². The van der Waals surface area contributed by atoms with Gasteiger partial charge in [0.05, 0.1) is 13.7 Å². The van der Waals surface area contributed by atoms with Crippen molar-refractivity contribution < 1.29 is 24.1 Å². The van der Waals surface area contributed by atoms with E-state index in [-0.39, 0.29) is 12.5 Å². The van der Waals surface area contributed by atoms with Gasteiger partial charge in [0.2, 0.25) is 5.90 Å². The van der Waals surface area contributed by atoms with E-state index in [1.807, 2.05) is 115 Å². The molecule has 0 unspecified atom stereocenters. The summed E-state index contributed by atoms with van der Waals surface area (Å²) < 4.78 is 18.4. The van der Waals surface area contributed by atoms with Crippen molar-refractivity contribution in [2.75, 3.05) is 20.3 Å². The lowest BCUT2D eigenvalue weighted by Gasteiger charge is -2.30. The van der Waals surface area contributed by atoms with Crippen molar-refractivity contribution >= 4 is 33.8 Å². The summed E-state index contributed by atoms with van der Waals surface area (Å²) in [6, 6.07) is 32.7. The molecule has 7 nitrogen and oxygen atoms in total. The third-order valence-electron chi connectivity index (χ3n) is 7.37. The van der Waals surface area contributed by atoms with E-state index in [0.29, 0.717) is 37.6 Å². The summed E-state index contributed by atoms with van der Waals surface area (Å²) in [5.74, 6) is 1.56. The molecule has 44 heavy (non-hydrogen) atoms. The summed E-state index contributed by atoms with van der Waals surface area (Å²) in [6.45, 7) is 0.809. The van der Waals surface area contributed by atoms with Gasteiger partial charge in [0.25, 0.3) is 5.91 Å². The minimum atomic E-state index is -1.30. The Morgan fingerprint density at radius 2 is 1.68 bits per heavy atom. The van der Waals surface area contributed by atoms with Gasteiger partial charge in [-0.1, -0.05) is 88.7 Å². The Balaban J connectivity index is 1.52. The fourth-order valence-electron chi connectivity index (χ4n) is 5.00. The third kappa shape index (κ3) is 7.38. The van der Waals surface area contributed by atoms with Crippen molar-refractivity contribution in [2.24, 2.45) is 4.99 Å². The highest BCUT2D eigenvalue weighted by atomic mass is 79.9. The molecule has 8 heteroatoms. The third-order valence-corrected chi connectivity index (χ3v) is 8.09. The normalized spacial score (nSPS) is 17.6. The highest BCUT2D eigenvalue weighted by Crippen LogP contribution is 2.45. The Hall–Kier alpha value is -4.40. The number of aliphatic hydroxyl groups excluding tert-OH is 1. The van der Waals surface area contributed by atoms with Crippen LogP contribution in [-0.4, -0.2) is 42.8 Å². The molecule has 0 saturated heterocycles. The first-order chi connectivity index (χ1) is 21.5. The van der Waals surface area contributed by atoms with E-state index in [4.69, 9.17) is 24.3 Å². The molecule has 0 bridgehead atoms.